The van der Waals surface area contributed by atoms with E-state index >= 15 is 0 Å². The predicted molar refractivity (Wildman–Crippen MR) is 141 cm³/mol. The first-order valence-electron chi connectivity index (χ1n) is 12.7. The summed E-state index contributed by atoms with van der Waals surface area (Å²) in [6.07, 6.45) is -10.5. The van der Waals surface area contributed by atoms with Crippen LogP contribution in [0.4, 0.5) is 22.0 Å². The number of halogens is 5. The van der Waals surface area contributed by atoms with E-state index in [1.807, 2.05) is 0 Å². The van der Waals surface area contributed by atoms with Crippen LogP contribution in [0.15, 0.2) is 84.9 Å². The van der Waals surface area contributed by atoms with E-state index in [-0.39, 0.29) is 11.3 Å². The van der Waals surface area contributed by atoms with Crippen molar-refractivity contribution in [1.29, 1.82) is 0 Å². The Bertz CT molecular complexity index is 1790. The minimum absolute atomic E-state index is 0.180. The van der Waals surface area contributed by atoms with E-state index in [9.17, 15) is 40.3 Å². The lowest BCUT2D eigenvalue weighted by atomic mass is 9.52. The normalized spacial score (nSPS) is 22.3. The topological polar surface area (TPSA) is 101 Å². The molecule has 0 aliphatic heterocycles. The SMILES string of the molecule is O=C(OC(C(F)(F)F)C(F)(F)S(=O)(=O)O)C1C2c3ccccc3C(c3ccccc32)C1c1cc2ccccc2cc1O. The Morgan fingerprint density at radius 1 is 0.738 bits per heavy atom. The Labute approximate surface area is 236 Å². The van der Waals surface area contributed by atoms with Crippen molar-refractivity contribution in [2.75, 3.05) is 0 Å². The Balaban J connectivity index is 1.58. The number of carbonyl (C=O) groups excluding carboxylic acids is 1. The maximum Gasteiger partial charge on any atom is 0.432 e. The number of esters is 1. The summed E-state index contributed by atoms with van der Waals surface area (Å²) in [6, 6.07) is 23.7. The van der Waals surface area contributed by atoms with Gasteiger partial charge in [-0.1, -0.05) is 72.8 Å². The van der Waals surface area contributed by atoms with Crippen LogP contribution < -0.4 is 0 Å². The lowest BCUT2D eigenvalue weighted by Gasteiger charge is -2.50. The van der Waals surface area contributed by atoms with Gasteiger partial charge in [-0.2, -0.15) is 30.4 Å². The molecule has 3 aliphatic rings. The molecule has 0 radical (unpaired) electrons. The molecule has 2 bridgehead atoms. The number of benzene rings is 4. The first kappa shape index (κ1) is 28.1. The Morgan fingerprint density at radius 2 is 1.19 bits per heavy atom. The molecule has 0 spiro atoms. The van der Waals surface area contributed by atoms with Gasteiger partial charge >= 0.3 is 27.5 Å². The minimum Gasteiger partial charge on any atom is -0.508 e. The summed E-state index contributed by atoms with van der Waals surface area (Å²) in [4.78, 5) is 13.8. The molecular weight excluding hydrogens is 583 g/mol. The maximum atomic E-state index is 14.5. The number of alkyl halides is 5. The zero-order valence-electron chi connectivity index (χ0n) is 21.3. The second kappa shape index (κ2) is 9.50. The van der Waals surface area contributed by atoms with Crippen molar-refractivity contribution in [2.24, 2.45) is 5.92 Å². The van der Waals surface area contributed by atoms with Crippen molar-refractivity contribution in [3.05, 3.63) is 113 Å². The van der Waals surface area contributed by atoms with Gasteiger partial charge in [0.2, 0.25) is 0 Å². The van der Waals surface area contributed by atoms with E-state index in [1.54, 1.807) is 78.9 Å². The zero-order chi connectivity index (χ0) is 30.2. The standard InChI is InChI=1S/C30H21F5O6S/c31-29(32,33)28(30(34,35)42(38,39)40)41-27(37)26-24-19-11-5-3-9-17(19)23(18-10-4-6-12-20(18)24)25(26)21-13-15-7-1-2-8-16(15)14-22(21)36/h1-14,23-26,28,36H,(H,38,39,40). The van der Waals surface area contributed by atoms with E-state index in [4.69, 9.17) is 4.55 Å². The number of ether oxygens (including phenoxy) is 1. The maximum absolute atomic E-state index is 14.5. The smallest absolute Gasteiger partial charge is 0.432 e. The Morgan fingerprint density at radius 3 is 1.67 bits per heavy atom. The van der Waals surface area contributed by atoms with Crippen LogP contribution in [-0.4, -0.2) is 41.6 Å². The molecule has 3 aliphatic carbocycles. The molecule has 7 rings (SSSR count). The van der Waals surface area contributed by atoms with Crippen molar-refractivity contribution in [2.45, 2.75) is 35.3 Å². The first-order chi connectivity index (χ1) is 19.7. The lowest BCUT2D eigenvalue weighted by Crippen LogP contribution is -2.54. The second-order valence-electron chi connectivity index (χ2n) is 10.4. The van der Waals surface area contributed by atoms with Gasteiger partial charge in [-0.05, 0) is 50.7 Å². The molecule has 4 aromatic carbocycles. The molecule has 0 fully saturated rings. The minimum atomic E-state index is -6.64. The fraction of sp³-hybridized carbons (Fsp3) is 0.233. The van der Waals surface area contributed by atoms with Crippen molar-refractivity contribution in [1.82, 2.24) is 0 Å². The van der Waals surface area contributed by atoms with Gasteiger partial charge in [-0.3, -0.25) is 9.35 Å². The van der Waals surface area contributed by atoms with Crippen LogP contribution in [0.2, 0.25) is 0 Å². The highest BCUT2D eigenvalue weighted by Crippen LogP contribution is 2.63. The number of phenols is 1. The van der Waals surface area contributed by atoms with E-state index in [2.05, 4.69) is 4.74 Å². The molecule has 0 aromatic heterocycles. The van der Waals surface area contributed by atoms with Crippen LogP contribution in [0.5, 0.6) is 5.75 Å². The number of hydrogen-bond acceptors (Lipinski definition) is 5. The molecule has 4 aromatic rings. The third kappa shape index (κ3) is 4.23. The third-order valence-corrected chi connectivity index (χ3v) is 9.05. The first-order valence-corrected chi connectivity index (χ1v) is 14.2. The van der Waals surface area contributed by atoms with E-state index in [0.29, 0.717) is 21.9 Å². The van der Waals surface area contributed by atoms with E-state index in [1.165, 1.54) is 6.07 Å². The zero-order valence-corrected chi connectivity index (χ0v) is 22.1. The van der Waals surface area contributed by atoms with Crippen LogP contribution in [0, 0.1) is 5.92 Å². The number of rotatable bonds is 5. The van der Waals surface area contributed by atoms with Crippen LogP contribution in [0.3, 0.4) is 0 Å². The summed E-state index contributed by atoms with van der Waals surface area (Å²) in [5.74, 6) is -6.40. The van der Waals surface area contributed by atoms with Crippen LogP contribution in [0.25, 0.3) is 10.8 Å². The summed E-state index contributed by atoms with van der Waals surface area (Å²) >= 11 is 0. The van der Waals surface area contributed by atoms with Crippen molar-refractivity contribution >= 4 is 26.9 Å². The quantitative estimate of drug-likeness (QED) is 0.154. The van der Waals surface area contributed by atoms with Crippen LogP contribution in [-0.2, 0) is 19.6 Å². The molecule has 218 valence electrons. The largest absolute Gasteiger partial charge is 0.508 e. The summed E-state index contributed by atoms with van der Waals surface area (Å²) in [5, 5.41) is 6.57. The fourth-order valence-corrected chi connectivity index (χ4v) is 6.96. The summed E-state index contributed by atoms with van der Waals surface area (Å²) in [6.45, 7) is 0. The monoisotopic (exact) mass is 604 g/mol. The van der Waals surface area contributed by atoms with Crippen molar-refractivity contribution in [3.63, 3.8) is 0 Å². The van der Waals surface area contributed by atoms with Crippen molar-refractivity contribution < 1.29 is 49.6 Å². The van der Waals surface area contributed by atoms with Gasteiger partial charge in [-0.15, -0.1) is 0 Å². The fourth-order valence-electron chi connectivity index (χ4n) is 6.50. The highest BCUT2D eigenvalue weighted by molar-refractivity contribution is 7.86. The molecular formula is C30H21F5O6S. The van der Waals surface area contributed by atoms with Crippen molar-refractivity contribution in [3.8, 4) is 5.75 Å². The molecule has 0 heterocycles. The average molecular weight is 605 g/mol. The Hall–Kier alpha value is -4.03. The van der Waals surface area contributed by atoms with Crippen LogP contribution >= 0.6 is 0 Å². The van der Waals surface area contributed by atoms with Gasteiger partial charge in [0.25, 0.3) is 6.10 Å². The highest BCUT2D eigenvalue weighted by Gasteiger charge is 2.67. The van der Waals surface area contributed by atoms with E-state index in [0.717, 1.165) is 11.1 Å². The van der Waals surface area contributed by atoms with Gasteiger partial charge in [0.15, 0.2) is 0 Å². The number of aromatic hydroxyl groups is 1. The summed E-state index contributed by atoms with van der Waals surface area (Å²) in [7, 11) is -6.64. The lowest BCUT2D eigenvalue weighted by molar-refractivity contribution is -0.261. The molecule has 0 amide bonds. The number of phenolic OH excluding ortho intramolecular Hbond substituents is 1. The molecule has 12 heteroatoms. The average Bonchev–Trinajstić information content (AvgIpc) is 2.93. The number of hydrogen-bond donors (Lipinski definition) is 2. The Kier molecular flexibility index (Phi) is 6.36. The van der Waals surface area contributed by atoms with Gasteiger partial charge in [0.1, 0.15) is 5.75 Å². The molecule has 3 unspecified atom stereocenters. The number of carbonyl (C=O) groups is 1. The van der Waals surface area contributed by atoms with Crippen LogP contribution in [0.1, 0.15) is 45.6 Å². The highest BCUT2D eigenvalue weighted by atomic mass is 32.2. The molecule has 0 saturated heterocycles. The summed E-state index contributed by atoms with van der Waals surface area (Å²) < 4.78 is 106. The molecule has 2 N–H and O–H groups in total. The molecule has 42 heavy (non-hydrogen) atoms. The second-order valence-corrected chi connectivity index (χ2v) is 11.9. The molecule has 3 atom stereocenters. The molecule has 0 saturated carbocycles. The number of fused-ring (bicyclic) bond motifs is 2. The van der Waals surface area contributed by atoms with E-state index < -0.39 is 57.3 Å². The van der Waals surface area contributed by atoms with Gasteiger partial charge < -0.3 is 9.84 Å². The van der Waals surface area contributed by atoms with Gasteiger partial charge in [0.05, 0.1) is 5.92 Å². The predicted octanol–water partition coefficient (Wildman–Crippen LogP) is 6.49. The van der Waals surface area contributed by atoms with Gasteiger partial charge in [-0.25, -0.2) is 0 Å². The third-order valence-electron chi connectivity index (χ3n) is 8.14. The molecule has 6 nitrogen and oxygen atoms in total. The van der Waals surface area contributed by atoms with Gasteiger partial charge in [0, 0.05) is 17.8 Å². The summed E-state index contributed by atoms with van der Waals surface area (Å²) in [5.41, 5.74) is 2.77.